The van der Waals surface area contributed by atoms with Gasteiger partial charge in [0.1, 0.15) is 0 Å². The summed E-state index contributed by atoms with van der Waals surface area (Å²) >= 11 is 9.52. The van der Waals surface area contributed by atoms with E-state index in [-0.39, 0.29) is 12.6 Å². The van der Waals surface area contributed by atoms with E-state index in [2.05, 4.69) is 26.9 Å². The molecule has 0 aromatic heterocycles. The van der Waals surface area contributed by atoms with E-state index in [1.165, 1.54) is 0 Å². The predicted molar refractivity (Wildman–Crippen MR) is 89.3 cm³/mol. The van der Waals surface area contributed by atoms with Crippen LogP contribution in [0.1, 0.15) is 5.56 Å². The lowest BCUT2D eigenvalue weighted by molar-refractivity contribution is -0.138. The summed E-state index contributed by atoms with van der Waals surface area (Å²) in [5.74, 6) is -0.820. The van der Waals surface area contributed by atoms with E-state index in [9.17, 15) is 4.79 Å². The second-order valence-corrected chi connectivity index (χ2v) is 6.83. The SMILES string of the molecule is CN(CC(=O)O)CC1CN(Cc2ccc(Br)c(Cl)c2)CCO1. The van der Waals surface area contributed by atoms with Gasteiger partial charge in [0.05, 0.1) is 24.3 Å². The van der Waals surface area contributed by atoms with Gasteiger partial charge in [-0.15, -0.1) is 0 Å². The first kappa shape index (κ1) is 17.7. The minimum Gasteiger partial charge on any atom is -0.480 e. The molecule has 1 N–H and O–H groups in total. The summed E-state index contributed by atoms with van der Waals surface area (Å²) in [5.41, 5.74) is 1.16. The van der Waals surface area contributed by atoms with Gasteiger partial charge in [0, 0.05) is 30.7 Å². The lowest BCUT2D eigenvalue weighted by Gasteiger charge is -2.34. The molecule has 1 saturated heterocycles. The van der Waals surface area contributed by atoms with Crippen LogP contribution in [0.5, 0.6) is 0 Å². The third kappa shape index (κ3) is 5.52. The molecule has 5 nitrogen and oxygen atoms in total. The molecule has 7 heteroatoms. The summed E-state index contributed by atoms with van der Waals surface area (Å²) in [6, 6.07) is 5.97. The molecule has 0 saturated carbocycles. The molecule has 0 aliphatic carbocycles. The fraction of sp³-hybridized carbons (Fsp3) is 0.533. The Morgan fingerprint density at radius 2 is 2.36 bits per heavy atom. The van der Waals surface area contributed by atoms with E-state index >= 15 is 0 Å². The van der Waals surface area contributed by atoms with Gasteiger partial charge < -0.3 is 9.84 Å². The molecule has 122 valence electrons. The van der Waals surface area contributed by atoms with Crippen LogP contribution < -0.4 is 0 Å². The number of benzene rings is 1. The Morgan fingerprint density at radius 1 is 1.59 bits per heavy atom. The highest BCUT2D eigenvalue weighted by atomic mass is 79.9. The minimum atomic E-state index is -0.820. The fourth-order valence-electron chi connectivity index (χ4n) is 2.57. The van der Waals surface area contributed by atoms with Crippen LogP contribution in [0.4, 0.5) is 0 Å². The zero-order valence-electron chi connectivity index (χ0n) is 12.5. The molecule has 0 spiro atoms. The molecular weight excluding hydrogens is 372 g/mol. The van der Waals surface area contributed by atoms with Crippen LogP contribution in [0, 0.1) is 0 Å². The first-order chi connectivity index (χ1) is 10.4. The molecule has 1 aromatic carbocycles. The second kappa shape index (κ2) is 8.26. The molecular formula is C15H20BrClN2O3. The van der Waals surface area contributed by atoms with Crippen LogP contribution >= 0.6 is 27.5 Å². The molecule has 1 fully saturated rings. The quantitative estimate of drug-likeness (QED) is 0.806. The third-order valence-corrected chi connectivity index (χ3v) is 4.77. The van der Waals surface area contributed by atoms with Gasteiger partial charge in [-0.1, -0.05) is 17.7 Å². The number of nitrogens with zero attached hydrogens (tertiary/aromatic N) is 2. The number of hydrogen-bond acceptors (Lipinski definition) is 4. The first-order valence-electron chi connectivity index (χ1n) is 7.12. The highest BCUT2D eigenvalue weighted by Gasteiger charge is 2.22. The van der Waals surface area contributed by atoms with Crippen LogP contribution in [0.2, 0.25) is 5.02 Å². The van der Waals surface area contributed by atoms with Crippen LogP contribution in [-0.2, 0) is 16.1 Å². The topological polar surface area (TPSA) is 53.0 Å². The number of rotatable bonds is 6. The van der Waals surface area contributed by atoms with E-state index in [4.69, 9.17) is 21.4 Å². The fourth-order valence-corrected chi connectivity index (χ4v) is 3.02. The van der Waals surface area contributed by atoms with Crippen molar-refractivity contribution in [2.75, 3.05) is 39.8 Å². The second-order valence-electron chi connectivity index (χ2n) is 5.57. The maximum atomic E-state index is 10.7. The summed E-state index contributed by atoms with van der Waals surface area (Å²) in [4.78, 5) is 14.8. The van der Waals surface area contributed by atoms with E-state index in [0.717, 1.165) is 29.7 Å². The van der Waals surface area contributed by atoms with Crippen molar-refractivity contribution in [2.24, 2.45) is 0 Å². The van der Waals surface area contributed by atoms with Crippen LogP contribution in [0.25, 0.3) is 0 Å². The number of aliphatic carboxylic acids is 1. The van der Waals surface area contributed by atoms with Gasteiger partial charge in [0.2, 0.25) is 0 Å². The van der Waals surface area contributed by atoms with Crippen molar-refractivity contribution in [3.05, 3.63) is 33.3 Å². The molecule has 1 unspecified atom stereocenters. The smallest absolute Gasteiger partial charge is 0.317 e. The Balaban J connectivity index is 1.87. The minimum absolute atomic E-state index is 0.0299. The molecule has 22 heavy (non-hydrogen) atoms. The molecule has 0 bridgehead atoms. The maximum Gasteiger partial charge on any atom is 0.317 e. The molecule has 1 atom stereocenters. The number of morpholine rings is 1. The number of carboxylic acids is 1. The Labute approximate surface area is 143 Å². The van der Waals surface area contributed by atoms with Gasteiger partial charge in [-0.25, -0.2) is 0 Å². The number of hydrogen-bond donors (Lipinski definition) is 1. The molecule has 1 heterocycles. The molecule has 2 rings (SSSR count). The van der Waals surface area contributed by atoms with Gasteiger partial charge in [-0.3, -0.25) is 14.6 Å². The zero-order valence-corrected chi connectivity index (χ0v) is 14.8. The van der Waals surface area contributed by atoms with Crippen molar-refractivity contribution >= 4 is 33.5 Å². The Bertz CT molecular complexity index is 530. The summed E-state index contributed by atoms with van der Waals surface area (Å²) in [6.07, 6.45) is 0.0315. The average molecular weight is 392 g/mol. The monoisotopic (exact) mass is 390 g/mol. The highest BCUT2D eigenvalue weighted by molar-refractivity contribution is 9.10. The maximum absolute atomic E-state index is 10.7. The Hall–Kier alpha value is -0.660. The molecule has 1 aromatic rings. The van der Waals surface area contributed by atoms with Crippen molar-refractivity contribution in [1.29, 1.82) is 0 Å². The van der Waals surface area contributed by atoms with E-state index < -0.39 is 5.97 Å². The van der Waals surface area contributed by atoms with Gasteiger partial charge in [0.15, 0.2) is 0 Å². The Kier molecular flexibility index (Phi) is 6.65. The highest BCUT2D eigenvalue weighted by Crippen LogP contribution is 2.24. The van der Waals surface area contributed by atoms with Gasteiger partial charge in [-0.2, -0.15) is 0 Å². The van der Waals surface area contributed by atoms with Crippen LogP contribution in [0.15, 0.2) is 22.7 Å². The Morgan fingerprint density at radius 3 is 3.05 bits per heavy atom. The van der Waals surface area contributed by atoms with Crippen molar-refractivity contribution in [3.63, 3.8) is 0 Å². The first-order valence-corrected chi connectivity index (χ1v) is 8.29. The van der Waals surface area contributed by atoms with Crippen LogP contribution in [0.3, 0.4) is 0 Å². The predicted octanol–water partition coefficient (Wildman–Crippen LogP) is 2.32. The largest absolute Gasteiger partial charge is 0.480 e. The van der Waals surface area contributed by atoms with Gasteiger partial charge in [0.25, 0.3) is 0 Å². The zero-order chi connectivity index (χ0) is 16.1. The number of carbonyl (C=O) groups is 1. The average Bonchev–Trinajstić information content (AvgIpc) is 2.42. The van der Waals surface area contributed by atoms with Crippen molar-refractivity contribution < 1.29 is 14.6 Å². The summed E-state index contributed by atoms with van der Waals surface area (Å²) < 4.78 is 6.63. The summed E-state index contributed by atoms with van der Waals surface area (Å²) in [6.45, 7) is 3.78. The molecule has 0 radical (unpaired) electrons. The number of halogens is 2. The molecule has 1 aliphatic rings. The normalized spacial score (nSPS) is 19.5. The van der Waals surface area contributed by atoms with E-state index in [1.807, 2.05) is 12.1 Å². The third-order valence-electron chi connectivity index (χ3n) is 3.53. The van der Waals surface area contributed by atoms with Crippen molar-refractivity contribution in [2.45, 2.75) is 12.6 Å². The van der Waals surface area contributed by atoms with Gasteiger partial charge in [-0.05, 0) is 40.7 Å². The van der Waals surface area contributed by atoms with Gasteiger partial charge >= 0.3 is 5.97 Å². The van der Waals surface area contributed by atoms with Crippen molar-refractivity contribution in [3.8, 4) is 0 Å². The number of ether oxygens (including phenoxy) is 1. The lowest BCUT2D eigenvalue weighted by Crippen LogP contribution is -2.47. The lowest BCUT2D eigenvalue weighted by atomic mass is 10.2. The standard InChI is InChI=1S/C15H20BrClN2O3/c1-18(10-15(20)21)8-12-9-19(4-5-22-12)7-11-2-3-13(16)14(17)6-11/h2-3,6,12H,4-5,7-10H2,1H3,(H,20,21). The van der Waals surface area contributed by atoms with Crippen LogP contribution in [-0.4, -0.2) is 66.8 Å². The summed E-state index contributed by atoms with van der Waals surface area (Å²) in [7, 11) is 1.80. The van der Waals surface area contributed by atoms with E-state index in [1.54, 1.807) is 11.9 Å². The van der Waals surface area contributed by atoms with Crippen molar-refractivity contribution in [1.82, 2.24) is 9.80 Å². The van der Waals surface area contributed by atoms with E-state index in [0.29, 0.717) is 18.2 Å². The summed E-state index contributed by atoms with van der Waals surface area (Å²) in [5, 5.41) is 9.51. The molecule has 0 amide bonds. The number of likely N-dealkylation sites (N-methyl/N-ethyl adjacent to an activating group) is 1. The molecule has 1 aliphatic heterocycles. The number of carboxylic acid groups (broad SMARTS) is 1.